The molecule has 1 unspecified atom stereocenters. The summed E-state index contributed by atoms with van der Waals surface area (Å²) < 4.78 is 46.6. The average molecular weight is 649 g/mol. The number of amides is 1. The van der Waals surface area contributed by atoms with E-state index in [0.29, 0.717) is 29.2 Å². The van der Waals surface area contributed by atoms with Gasteiger partial charge >= 0.3 is 5.92 Å². The maximum absolute atomic E-state index is 14.9. The molecular formula is C34H38F2N6O5. The number of nitrogens with one attached hydrogen (secondary N) is 1. The van der Waals surface area contributed by atoms with Gasteiger partial charge in [0.15, 0.2) is 6.10 Å². The van der Waals surface area contributed by atoms with Crippen LogP contribution in [0.15, 0.2) is 48.7 Å². The largest absolute Gasteiger partial charge is 0.496 e. The number of nitrogens with zero attached hydrogens (tertiary/aromatic N) is 5. The Bertz CT molecular complexity index is 1640. The van der Waals surface area contributed by atoms with Crippen molar-refractivity contribution < 1.29 is 32.9 Å². The van der Waals surface area contributed by atoms with Crippen molar-refractivity contribution in [3.05, 3.63) is 59.8 Å². The number of alkyl halides is 2. The molecule has 0 bridgehead atoms. The van der Waals surface area contributed by atoms with Gasteiger partial charge in [-0.2, -0.15) is 5.26 Å². The predicted octanol–water partition coefficient (Wildman–Crippen LogP) is 4.34. The summed E-state index contributed by atoms with van der Waals surface area (Å²) in [5.41, 5.74) is 3.11. The van der Waals surface area contributed by atoms with Gasteiger partial charge in [-0.15, -0.1) is 0 Å². The van der Waals surface area contributed by atoms with Crippen LogP contribution in [0.5, 0.6) is 11.5 Å². The van der Waals surface area contributed by atoms with Crippen molar-refractivity contribution in [3.63, 3.8) is 0 Å². The molecule has 4 heterocycles. The first kappa shape index (κ1) is 32.6. The Morgan fingerprint density at radius 3 is 2.57 bits per heavy atom. The highest BCUT2D eigenvalue weighted by atomic mass is 19.3. The standard InChI is InChI=1S/C34H38F2N6O5/c1-21(43)32(44)42-14-10-31(34(35,36)20-42)47-29-6-3-23(15-24(29)17-37)28-7-11-38-33(40-28)39-25-4-5-27(30(16-25)45-2)22-8-12-41(13-9-22)26-18-46-19-26/h3-7,11,15-16,21-22,26,31,43H,8-10,12-14,18-20H2,1-2H3,(H,38,39,40)/t21-,31?/m1/s1. The molecule has 248 valence electrons. The summed E-state index contributed by atoms with van der Waals surface area (Å²) in [4.78, 5) is 24.4. The Labute approximate surface area is 272 Å². The molecule has 2 atom stereocenters. The fourth-order valence-electron chi connectivity index (χ4n) is 6.39. The third-order valence-corrected chi connectivity index (χ3v) is 9.12. The lowest BCUT2D eigenvalue weighted by molar-refractivity contribution is -0.165. The van der Waals surface area contributed by atoms with Crippen molar-refractivity contribution in [2.45, 2.75) is 56.3 Å². The van der Waals surface area contributed by atoms with Gasteiger partial charge in [-0.3, -0.25) is 9.69 Å². The number of piperidine rings is 2. The van der Waals surface area contributed by atoms with Gasteiger partial charge in [-0.05, 0) is 74.7 Å². The van der Waals surface area contributed by atoms with Gasteiger partial charge in [0.2, 0.25) is 5.95 Å². The lowest BCUT2D eigenvalue weighted by atomic mass is 9.88. The molecule has 3 aliphatic rings. The van der Waals surface area contributed by atoms with Crippen molar-refractivity contribution >= 4 is 17.5 Å². The molecular weight excluding hydrogens is 610 g/mol. The number of hydrogen-bond donors (Lipinski definition) is 2. The number of carbonyl (C=O) groups excluding carboxylic acids is 1. The summed E-state index contributed by atoms with van der Waals surface area (Å²) in [5, 5.41) is 22.6. The van der Waals surface area contributed by atoms with Crippen LogP contribution in [-0.4, -0.2) is 101 Å². The number of halogens is 2. The minimum Gasteiger partial charge on any atom is -0.496 e. The molecule has 3 fully saturated rings. The molecule has 2 N–H and O–H groups in total. The topological polar surface area (TPSA) is 133 Å². The van der Waals surface area contributed by atoms with Gasteiger partial charge in [0.25, 0.3) is 5.91 Å². The Morgan fingerprint density at radius 2 is 1.91 bits per heavy atom. The van der Waals surface area contributed by atoms with Crippen molar-refractivity contribution in [1.82, 2.24) is 19.8 Å². The fraction of sp³-hybridized carbons (Fsp3) is 0.471. The molecule has 3 aromatic rings. The number of aliphatic hydroxyl groups is 1. The van der Waals surface area contributed by atoms with Crippen LogP contribution in [0.3, 0.4) is 0 Å². The lowest BCUT2D eigenvalue weighted by Crippen LogP contribution is -2.56. The molecule has 0 aliphatic carbocycles. The maximum Gasteiger partial charge on any atom is 0.301 e. The minimum atomic E-state index is -3.37. The van der Waals surface area contributed by atoms with Gasteiger partial charge in [0, 0.05) is 36.5 Å². The number of aromatic nitrogens is 2. The first-order chi connectivity index (χ1) is 22.6. The van der Waals surface area contributed by atoms with E-state index in [1.54, 1.807) is 25.4 Å². The molecule has 3 saturated heterocycles. The smallest absolute Gasteiger partial charge is 0.301 e. The fourth-order valence-corrected chi connectivity index (χ4v) is 6.39. The average Bonchev–Trinajstić information content (AvgIpc) is 3.05. The van der Waals surface area contributed by atoms with Crippen LogP contribution in [0, 0.1) is 11.3 Å². The van der Waals surface area contributed by atoms with Crippen molar-refractivity contribution in [1.29, 1.82) is 5.26 Å². The molecule has 47 heavy (non-hydrogen) atoms. The molecule has 2 aromatic carbocycles. The summed E-state index contributed by atoms with van der Waals surface area (Å²) in [6.45, 7) is 4.12. The van der Waals surface area contributed by atoms with Gasteiger partial charge in [-0.1, -0.05) is 6.07 Å². The zero-order valence-electron chi connectivity index (χ0n) is 26.4. The van der Waals surface area contributed by atoms with Crippen LogP contribution in [0.25, 0.3) is 11.3 Å². The SMILES string of the molecule is COc1cc(Nc2nccc(-c3ccc(OC4CCN(C(=O)[C@@H](C)O)CC4(F)F)c(C#N)c3)n2)ccc1C1CCN(C2COC2)CC1. The summed E-state index contributed by atoms with van der Waals surface area (Å²) in [6.07, 6.45) is 0.662. The van der Waals surface area contributed by atoms with Crippen LogP contribution < -0.4 is 14.8 Å². The van der Waals surface area contributed by atoms with Crippen LogP contribution in [-0.2, 0) is 9.53 Å². The number of aliphatic hydroxyl groups excluding tert-OH is 1. The van der Waals surface area contributed by atoms with E-state index in [4.69, 9.17) is 14.2 Å². The first-order valence-corrected chi connectivity index (χ1v) is 15.8. The van der Waals surface area contributed by atoms with E-state index in [9.17, 15) is 23.9 Å². The second kappa shape index (κ2) is 13.8. The molecule has 11 nitrogen and oxygen atoms in total. The van der Waals surface area contributed by atoms with E-state index < -0.39 is 30.6 Å². The van der Waals surface area contributed by atoms with E-state index in [2.05, 4.69) is 26.3 Å². The summed E-state index contributed by atoms with van der Waals surface area (Å²) in [6, 6.07) is 14.9. The number of nitriles is 1. The van der Waals surface area contributed by atoms with E-state index in [0.717, 1.165) is 55.5 Å². The third-order valence-electron chi connectivity index (χ3n) is 9.12. The summed E-state index contributed by atoms with van der Waals surface area (Å²) in [5.74, 6) is -2.56. The molecule has 1 amide bonds. The molecule has 1 aromatic heterocycles. The quantitative estimate of drug-likeness (QED) is 0.345. The van der Waals surface area contributed by atoms with E-state index in [-0.39, 0.29) is 24.3 Å². The Morgan fingerprint density at radius 1 is 1.13 bits per heavy atom. The molecule has 0 radical (unpaired) electrons. The monoisotopic (exact) mass is 648 g/mol. The number of benzene rings is 2. The number of methoxy groups -OCH3 is 1. The highest BCUT2D eigenvalue weighted by Gasteiger charge is 2.48. The highest BCUT2D eigenvalue weighted by molar-refractivity contribution is 5.80. The minimum absolute atomic E-state index is 0.00512. The molecule has 0 saturated carbocycles. The van der Waals surface area contributed by atoms with E-state index >= 15 is 0 Å². The second-order valence-corrected chi connectivity index (χ2v) is 12.3. The Hall–Kier alpha value is -4.38. The summed E-state index contributed by atoms with van der Waals surface area (Å²) in [7, 11) is 1.67. The highest BCUT2D eigenvalue weighted by Crippen LogP contribution is 2.38. The zero-order chi connectivity index (χ0) is 33.1. The number of rotatable bonds is 9. The van der Waals surface area contributed by atoms with Crippen LogP contribution in [0.1, 0.15) is 43.2 Å². The zero-order valence-corrected chi connectivity index (χ0v) is 26.4. The number of likely N-dealkylation sites (tertiary alicyclic amines) is 2. The number of anilines is 2. The first-order valence-electron chi connectivity index (χ1n) is 15.8. The van der Waals surface area contributed by atoms with Crippen LogP contribution >= 0.6 is 0 Å². The van der Waals surface area contributed by atoms with Crippen molar-refractivity contribution in [2.24, 2.45) is 0 Å². The lowest BCUT2D eigenvalue weighted by Gasteiger charge is -2.41. The second-order valence-electron chi connectivity index (χ2n) is 12.3. The van der Waals surface area contributed by atoms with Gasteiger partial charge < -0.3 is 29.5 Å². The maximum atomic E-state index is 14.9. The number of carbonyl (C=O) groups is 1. The van der Waals surface area contributed by atoms with E-state index in [1.807, 2.05) is 18.2 Å². The Kier molecular flexibility index (Phi) is 9.54. The van der Waals surface area contributed by atoms with Crippen LogP contribution in [0.4, 0.5) is 20.4 Å². The van der Waals surface area contributed by atoms with Gasteiger partial charge in [0.1, 0.15) is 23.7 Å². The third kappa shape index (κ3) is 7.15. The normalized spacial score (nSPS) is 20.9. The number of hydrogen-bond acceptors (Lipinski definition) is 10. The summed E-state index contributed by atoms with van der Waals surface area (Å²) >= 11 is 0. The predicted molar refractivity (Wildman–Crippen MR) is 169 cm³/mol. The van der Waals surface area contributed by atoms with E-state index in [1.165, 1.54) is 24.6 Å². The Balaban J connectivity index is 1.12. The molecule has 13 heteroatoms. The number of ether oxygens (including phenoxy) is 3. The van der Waals surface area contributed by atoms with Crippen molar-refractivity contribution in [2.75, 3.05) is 51.8 Å². The molecule has 3 aliphatic heterocycles. The van der Waals surface area contributed by atoms with Crippen molar-refractivity contribution in [3.8, 4) is 28.8 Å². The molecule has 6 rings (SSSR count). The van der Waals surface area contributed by atoms with Gasteiger partial charge in [0.05, 0.1) is 44.2 Å². The van der Waals surface area contributed by atoms with Gasteiger partial charge in [-0.25, -0.2) is 18.7 Å². The van der Waals surface area contributed by atoms with Crippen LogP contribution in [0.2, 0.25) is 0 Å². The molecule has 0 spiro atoms.